The van der Waals surface area contributed by atoms with Crippen LogP contribution < -0.4 is 4.74 Å². The first-order chi connectivity index (χ1) is 15.0. The molecule has 1 heterocycles. The first kappa shape index (κ1) is 22.5. The Kier molecular flexibility index (Phi) is 7.18. The number of rotatable bonds is 5. The van der Waals surface area contributed by atoms with E-state index in [0.29, 0.717) is 24.0 Å². The highest BCUT2D eigenvalue weighted by molar-refractivity contribution is 5.73. The Hall–Kier alpha value is -1.65. The zero-order valence-electron chi connectivity index (χ0n) is 18.9. The van der Waals surface area contributed by atoms with Crippen LogP contribution in [0.15, 0.2) is 12.1 Å². The maximum Gasteiger partial charge on any atom is 0.309 e. The molecule has 3 nitrogen and oxygen atoms in total. The van der Waals surface area contributed by atoms with E-state index in [1.165, 1.54) is 31.7 Å². The van der Waals surface area contributed by atoms with Gasteiger partial charge in [0, 0.05) is 0 Å². The Bertz CT molecular complexity index is 764. The van der Waals surface area contributed by atoms with Gasteiger partial charge in [-0.15, -0.1) is 0 Å². The van der Waals surface area contributed by atoms with Crippen LogP contribution in [0.2, 0.25) is 0 Å². The summed E-state index contributed by atoms with van der Waals surface area (Å²) in [6.45, 7) is 4.36. The van der Waals surface area contributed by atoms with Gasteiger partial charge in [0.05, 0.1) is 12.5 Å². The van der Waals surface area contributed by atoms with Crippen molar-refractivity contribution in [3.63, 3.8) is 0 Å². The molecule has 1 aromatic rings. The Labute approximate surface area is 184 Å². The van der Waals surface area contributed by atoms with Gasteiger partial charge in [-0.3, -0.25) is 4.79 Å². The summed E-state index contributed by atoms with van der Waals surface area (Å²) in [6.07, 6.45) is 10.1. The molecule has 4 rings (SSSR count). The van der Waals surface area contributed by atoms with Crippen LogP contribution in [0, 0.1) is 35.3 Å². The maximum absolute atomic E-state index is 14.6. The monoisotopic (exact) mass is 434 g/mol. The van der Waals surface area contributed by atoms with Gasteiger partial charge in [0.25, 0.3) is 0 Å². The molecule has 3 fully saturated rings. The summed E-state index contributed by atoms with van der Waals surface area (Å²) in [7, 11) is 0. The second-order valence-electron chi connectivity index (χ2n) is 10.0. The lowest BCUT2D eigenvalue weighted by Crippen LogP contribution is -2.40. The molecule has 1 aromatic carbocycles. The van der Waals surface area contributed by atoms with Crippen molar-refractivity contribution in [3.8, 4) is 5.75 Å². The number of ether oxygens (including phenoxy) is 2. The number of carbonyl (C=O) groups excluding carboxylic acids is 1. The van der Waals surface area contributed by atoms with Gasteiger partial charge in [-0.25, -0.2) is 4.39 Å². The number of benzene rings is 1. The molecule has 172 valence electrons. The predicted molar refractivity (Wildman–Crippen MR) is 116 cm³/mol. The van der Waals surface area contributed by atoms with E-state index in [4.69, 9.17) is 9.47 Å². The molecule has 2 unspecified atom stereocenters. The van der Waals surface area contributed by atoms with Crippen LogP contribution in [0.1, 0.15) is 89.5 Å². The molecule has 2 saturated carbocycles. The van der Waals surface area contributed by atoms with Crippen molar-refractivity contribution in [3.05, 3.63) is 29.3 Å². The lowest BCUT2D eigenvalue weighted by molar-refractivity contribution is -0.168. The average molecular weight is 435 g/mol. The molecule has 0 amide bonds. The van der Waals surface area contributed by atoms with Crippen molar-refractivity contribution in [2.45, 2.75) is 90.1 Å². The van der Waals surface area contributed by atoms with Crippen molar-refractivity contribution in [2.75, 3.05) is 6.61 Å². The molecule has 0 bridgehead atoms. The van der Waals surface area contributed by atoms with E-state index in [0.717, 1.165) is 44.4 Å². The molecule has 0 aromatic heterocycles. The van der Waals surface area contributed by atoms with Gasteiger partial charge in [0.1, 0.15) is 6.10 Å². The summed E-state index contributed by atoms with van der Waals surface area (Å²) in [5, 5.41) is 0. The highest BCUT2D eigenvalue weighted by atomic mass is 19.2. The molecule has 2 aliphatic carbocycles. The lowest BCUT2D eigenvalue weighted by Gasteiger charge is -2.40. The Balaban J connectivity index is 1.31. The highest BCUT2D eigenvalue weighted by Crippen LogP contribution is 2.44. The maximum atomic E-state index is 14.6. The molecule has 0 spiro atoms. The van der Waals surface area contributed by atoms with Gasteiger partial charge >= 0.3 is 5.97 Å². The second-order valence-corrected chi connectivity index (χ2v) is 10.0. The van der Waals surface area contributed by atoms with Crippen molar-refractivity contribution in [1.82, 2.24) is 0 Å². The molecule has 2 atom stereocenters. The molecule has 1 saturated heterocycles. The fraction of sp³-hybridized carbons (Fsp3) is 0.731. The molecule has 5 heteroatoms. The fourth-order valence-corrected chi connectivity index (χ4v) is 6.14. The molecular formula is C26H36F2O3. The first-order valence-corrected chi connectivity index (χ1v) is 12.3. The summed E-state index contributed by atoms with van der Waals surface area (Å²) < 4.78 is 40.0. The van der Waals surface area contributed by atoms with Gasteiger partial charge in [0.15, 0.2) is 11.6 Å². The summed E-state index contributed by atoms with van der Waals surface area (Å²) in [5.74, 6) is -0.106. The summed E-state index contributed by atoms with van der Waals surface area (Å²) in [4.78, 5) is 12.8. The third kappa shape index (κ3) is 4.90. The smallest absolute Gasteiger partial charge is 0.309 e. The zero-order chi connectivity index (χ0) is 22.0. The Morgan fingerprint density at radius 3 is 2.23 bits per heavy atom. The Morgan fingerprint density at radius 2 is 1.58 bits per heavy atom. The summed E-state index contributed by atoms with van der Waals surface area (Å²) >= 11 is 0. The van der Waals surface area contributed by atoms with Gasteiger partial charge in [-0.05, 0) is 93.6 Å². The predicted octanol–water partition coefficient (Wildman–Crippen LogP) is 6.79. The number of esters is 1. The third-order valence-electron chi connectivity index (χ3n) is 8.08. The number of carbonyl (C=O) groups is 1. The molecular weight excluding hydrogens is 398 g/mol. The van der Waals surface area contributed by atoms with Crippen LogP contribution >= 0.6 is 0 Å². The summed E-state index contributed by atoms with van der Waals surface area (Å²) in [5.41, 5.74) is 0.442. The largest absolute Gasteiger partial charge is 0.491 e. The lowest BCUT2D eigenvalue weighted by atomic mass is 9.71. The molecule has 0 N–H and O–H groups in total. The van der Waals surface area contributed by atoms with Gasteiger partial charge in [-0.1, -0.05) is 25.8 Å². The number of hydrogen-bond acceptors (Lipinski definition) is 3. The van der Waals surface area contributed by atoms with Crippen LogP contribution in [-0.2, 0) is 9.53 Å². The number of hydrogen-bond donors (Lipinski definition) is 0. The van der Waals surface area contributed by atoms with E-state index in [1.807, 2.05) is 0 Å². The zero-order valence-corrected chi connectivity index (χ0v) is 18.9. The third-order valence-corrected chi connectivity index (χ3v) is 8.08. The second kappa shape index (κ2) is 9.87. The van der Waals surface area contributed by atoms with Crippen LogP contribution in [0.25, 0.3) is 0 Å². The van der Waals surface area contributed by atoms with E-state index < -0.39 is 11.6 Å². The van der Waals surface area contributed by atoms with Crippen molar-refractivity contribution in [2.24, 2.45) is 23.7 Å². The average Bonchev–Trinajstić information content (AvgIpc) is 2.78. The van der Waals surface area contributed by atoms with Crippen LogP contribution in [0.3, 0.4) is 0 Å². The molecule has 3 aliphatic rings. The molecule has 0 radical (unpaired) electrons. The first-order valence-electron chi connectivity index (χ1n) is 12.3. The van der Waals surface area contributed by atoms with Gasteiger partial charge in [0.2, 0.25) is 5.82 Å². The van der Waals surface area contributed by atoms with Gasteiger partial charge in [-0.2, -0.15) is 4.39 Å². The van der Waals surface area contributed by atoms with Crippen molar-refractivity contribution in [1.29, 1.82) is 0 Å². The minimum Gasteiger partial charge on any atom is -0.491 e. The number of cyclic esters (lactones) is 1. The molecule has 1 aliphatic heterocycles. The standard InChI is InChI=1S/C26H36F2O3/c1-3-30-23-15-12-20(24(27)25(23)28)17-8-10-18(11-9-17)21-13-14-22(31-26(21)29)19-6-4-16(2)5-7-19/h12,15-19,21-22H,3-11,13-14H2,1-2H3. The van der Waals surface area contributed by atoms with Crippen LogP contribution in [0.5, 0.6) is 5.75 Å². The number of halogens is 2. The van der Waals surface area contributed by atoms with Crippen LogP contribution in [-0.4, -0.2) is 18.7 Å². The SMILES string of the molecule is CCOc1ccc(C2CCC(C3CCC(C4CCC(C)CC4)OC3=O)CC2)c(F)c1F. The van der Waals surface area contributed by atoms with Gasteiger partial charge < -0.3 is 9.47 Å². The Morgan fingerprint density at radius 1 is 0.903 bits per heavy atom. The van der Waals surface area contributed by atoms with E-state index in [9.17, 15) is 13.6 Å². The van der Waals surface area contributed by atoms with E-state index in [-0.39, 0.29) is 29.7 Å². The minimum absolute atomic E-state index is 0.00184. The highest BCUT2D eigenvalue weighted by Gasteiger charge is 2.40. The van der Waals surface area contributed by atoms with Crippen molar-refractivity contribution < 1.29 is 23.0 Å². The van der Waals surface area contributed by atoms with E-state index in [2.05, 4.69) is 6.92 Å². The van der Waals surface area contributed by atoms with E-state index >= 15 is 0 Å². The quantitative estimate of drug-likeness (QED) is 0.479. The fourth-order valence-electron chi connectivity index (χ4n) is 6.14. The van der Waals surface area contributed by atoms with E-state index in [1.54, 1.807) is 13.0 Å². The topological polar surface area (TPSA) is 35.5 Å². The minimum atomic E-state index is -0.888. The molecule has 31 heavy (non-hydrogen) atoms. The summed E-state index contributed by atoms with van der Waals surface area (Å²) in [6, 6.07) is 3.20. The normalized spacial score (nSPS) is 34.3. The van der Waals surface area contributed by atoms with Crippen molar-refractivity contribution >= 4 is 5.97 Å². The van der Waals surface area contributed by atoms with Crippen LogP contribution in [0.4, 0.5) is 8.78 Å².